The molecule has 0 unspecified atom stereocenters. The number of hydrogen-bond donors (Lipinski definition) is 2. The molecule has 1 amide bonds. The Balaban J connectivity index is 2.69. The van der Waals surface area contributed by atoms with Gasteiger partial charge in [0, 0.05) is 29.3 Å². The van der Waals surface area contributed by atoms with Gasteiger partial charge in [0.05, 0.1) is 7.11 Å². The number of rotatable bonds is 5. The van der Waals surface area contributed by atoms with Gasteiger partial charge >= 0.3 is 5.97 Å². The minimum absolute atomic E-state index is 0.158. The number of methoxy groups -OCH3 is 1. The maximum atomic E-state index is 11.3. The first kappa shape index (κ1) is 14.1. The third-order valence-electron chi connectivity index (χ3n) is 2.11. The highest BCUT2D eigenvalue weighted by molar-refractivity contribution is 6.31. The van der Waals surface area contributed by atoms with Crippen molar-refractivity contribution in [2.45, 2.75) is 6.54 Å². The van der Waals surface area contributed by atoms with Gasteiger partial charge in [0.15, 0.2) is 0 Å². The Hall–Kier alpha value is -2.01. The number of aliphatic carboxylic acids is 1. The molecular formula is C12H12ClNO4. The lowest BCUT2D eigenvalue weighted by Crippen LogP contribution is -2.21. The molecule has 0 heterocycles. The van der Waals surface area contributed by atoms with Crippen LogP contribution in [0, 0.1) is 0 Å². The van der Waals surface area contributed by atoms with Gasteiger partial charge in [-0.2, -0.15) is 0 Å². The molecule has 18 heavy (non-hydrogen) atoms. The molecule has 0 bridgehead atoms. The van der Waals surface area contributed by atoms with Crippen LogP contribution in [0.1, 0.15) is 5.56 Å². The third-order valence-corrected chi connectivity index (χ3v) is 2.47. The zero-order valence-electron chi connectivity index (χ0n) is 9.64. The van der Waals surface area contributed by atoms with Crippen LogP contribution in [0.25, 0.3) is 0 Å². The van der Waals surface area contributed by atoms with E-state index in [0.717, 1.165) is 12.2 Å². The van der Waals surface area contributed by atoms with E-state index in [1.807, 2.05) is 0 Å². The number of carboxylic acids is 1. The second kappa shape index (κ2) is 6.66. The van der Waals surface area contributed by atoms with E-state index >= 15 is 0 Å². The van der Waals surface area contributed by atoms with Crippen LogP contribution < -0.4 is 10.1 Å². The van der Waals surface area contributed by atoms with Crippen LogP contribution in [-0.2, 0) is 16.1 Å². The van der Waals surface area contributed by atoms with Crippen LogP contribution in [0.5, 0.6) is 5.75 Å². The Bertz CT molecular complexity index is 485. The third kappa shape index (κ3) is 4.10. The Morgan fingerprint density at radius 1 is 1.44 bits per heavy atom. The van der Waals surface area contributed by atoms with Crippen LogP contribution in [0.2, 0.25) is 5.02 Å². The Labute approximate surface area is 109 Å². The van der Waals surface area contributed by atoms with E-state index in [2.05, 4.69) is 5.32 Å². The number of amides is 1. The molecule has 1 aromatic carbocycles. The molecule has 0 aromatic heterocycles. The topological polar surface area (TPSA) is 75.6 Å². The van der Waals surface area contributed by atoms with Crippen LogP contribution in [-0.4, -0.2) is 24.1 Å². The molecule has 0 aliphatic rings. The van der Waals surface area contributed by atoms with Crippen molar-refractivity contribution in [3.05, 3.63) is 40.9 Å². The first-order valence-electron chi connectivity index (χ1n) is 5.05. The number of nitrogens with one attached hydrogen (secondary N) is 1. The fourth-order valence-electron chi connectivity index (χ4n) is 1.28. The molecule has 1 rings (SSSR count). The summed E-state index contributed by atoms with van der Waals surface area (Å²) < 4.78 is 5.11. The standard InChI is InChI=1S/C12H12ClNO4/c1-18-10-4-2-3-9(13)8(10)7-14-11(15)5-6-12(16)17/h2-6H,7H2,1H3,(H,14,15)(H,16,17)/b6-5+. The largest absolute Gasteiger partial charge is 0.496 e. The van der Waals surface area contributed by atoms with E-state index in [0.29, 0.717) is 16.3 Å². The molecule has 0 saturated heterocycles. The smallest absolute Gasteiger partial charge is 0.328 e. The summed E-state index contributed by atoms with van der Waals surface area (Å²) in [5.41, 5.74) is 0.638. The van der Waals surface area contributed by atoms with Crippen molar-refractivity contribution in [2.75, 3.05) is 7.11 Å². The van der Waals surface area contributed by atoms with Crippen LogP contribution >= 0.6 is 11.6 Å². The van der Waals surface area contributed by atoms with Gasteiger partial charge in [0.2, 0.25) is 5.91 Å². The summed E-state index contributed by atoms with van der Waals surface area (Å²) >= 11 is 5.98. The molecule has 0 radical (unpaired) electrons. The quantitative estimate of drug-likeness (QED) is 0.796. The molecule has 1 aromatic rings. The number of halogens is 1. The predicted octanol–water partition coefficient (Wildman–Crippen LogP) is 1.61. The molecule has 96 valence electrons. The minimum Gasteiger partial charge on any atom is -0.496 e. The van der Waals surface area contributed by atoms with Crippen molar-refractivity contribution < 1.29 is 19.4 Å². The SMILES string of the molecule is COc1cccc(Cl)c1CNC(=O)/C=C/C(=O)O. The average molecular weight is 270 g/mol. The van der Waals surface area contributed by atoms with E-state index in [-0.39, 0.29) is 6.54 Å². The fourth-order valence-corrected chi connectivity index (χ4v) is 1.52. The first-order valence-corrected chi connectivity index (χ1v) is 5.42. The van der Waals surface area contributed by atoms with E-state index in [9.17, 15) is 9.59 Å². The number of hydrogen-bond acceptors (Lipinski definition) is 3. The normalized spacial score (nSPS) is 10.3. The lowest BCUT2D eigenvalue weighted by Gasteiger charge is -2.10. The number of carbonyl (C=O) groups is 2. The Kier molecular flexibility index (Phi) is 5.20. The van der Waals surface area contributed by atoms with Crippen molar-refractivity contribution in [3.8, 4) is 5.75 Å². The van der Waals surface area contributed by atoms with Crippen LogP contribution in [0.3, 0.4) is 0 Å². The molecule has 0 spiro atoms. The molecule has 0 atom stereocenters. The van der Waals surface area contributed by atoms with Gasteiger partial charge in [-0.1, -0.05) is 17.7 Å². The van der Waals surface area contributed by atoms with Gasteiger partial charge in [-0.05, 0) is 12.1 Å². The maximum Gasteiger partial charge on any atom is 0.328 e. The number of benzene rings is 1. The summed E-state index contributed by atoms with van der Waals surface area (Å²) in [6.45, 7) is 0.158. The molecule has 0 aliphatic carbocycles. The Morgan fingerprint density at radius 3 is 2.78 bits per heavy atom. The second-order valence-electron chi connectivity index (χ2n) is 3.31. The highest BCUT2D eigenvalue weighted by Crippen LogP contribution is 2.25. The van der Waals surface area contributed by atoms with Gasteiger partial charge in [-0.3, -0.25) is 4.79 Å². The van der Waals surface area contributed by atoms with Crippen LogP contribution in [0.15, 0.2) is 30.4 Å². The van der Waals surface area contributed by atoms with E-state index in [4.69, 9.17) is 21.4 Å². The number of ether oxygens (including phenoxy) is 1. The summed E-state index contributed by atoms with van der Waals surface area (Å²) in [5, 5.41) is 11.4. The van der Waals surface area contributed by atoms with Crippen molar-refractivity contribution in [1.82, 2.24) is 5.32 Å². The summed E-state index contributed by atoms with van der Waals surface area (Å²) in [6.07, 6.45) is 1.70. The second-order valence-corrected chi connectivity index (χ2v) is 3.72. The monoisotopic (exact) mass is 269 g/mol. The van der Waals surface area contributed by atoms with Gasteiger partial charge in [-0.25, -0.2) is 4.79 Å². The summed E-state index contributed by atoms with van der Waals surface area (Å²) in [7, 11) is 1.50. The van der Waals surface area contributed by atoms with Gasteiger partial charge in [-0.15, -0.1) is 0 Å². The molecule has 0 saturated carbocycles. The summed E-state index contributed by atoms with van der Waals surface area (Å²) in [6, 6.07) is 5.13. The zero-order valence-corrected chi connectivity index (χ0v) is 10.4. The molecule has 0 fully saturated rings. The lowest BCUT2D eigenvalue weighted by atomic mass is 10.2. The van der Waals surface area contributed by atoms with Gasteiger partial charge < -0.3 is 15.2 Å². The predicted molar refractivity (Wildman–Crippen MR) is 66.6 cm³/mol. The minimum atomic E-state index is -1.18. The highest BCUT2D eigenvalue weighted by Gasteiger charge is 2.08. The lowest BCUT2D eigenvalue weighted by molar-refractivity contribution is -0.131. The molecule has 6 heteroatoms. The van der Waals surface area contributed by atoms with Gasteiger partial charge in [0.25, 0.3) is 0 Å². The van der Waals surface area contributed by atoms with Crippen molar-refractivity contribution in [2.24, 2.45) is 0 Å². The van der Waals surface area contributed by atoms with Gasteiger partial charge in [0.1, 0.15) is 5.75 Å². The average Bonchev–Trinajstić information content (AvgIpc) is 2.34. The Morgan fingerprint density at radius 2 is 2.17 bits per heavy atom. The first-order chi connectivity index (χ1) is 8.54. The van der Waals surface area contributed by atoms with Crippen molar-refractivity contribution >= 4 is 23.5 Å². The highest BCUT2D eigenvalue weighted by atomic mass is 35.5. The summed E-state index contributed by atoms with van der Waals surface area (Å²) in [4.78, 5) is 21.5. The van der Waals surface area contributed by atoms with E-state index in [1.165, 1.54) is 7.11 Å². The van der Waals surface area contributed by atoms with Crippen LogP contribution in [0.4, 0.5) is 0 Å². The zero-order chi connectivity index (χ0) is 13.5. The molecule has 5 nitrogen and oxygen atoms in total. The fraction of sp³-hybridized carbons (Fsp3) is 0.167. The summed E-state index contributed by atoms with van der Waals surface area (Å²) in [5.74, 6) is -1.13. The van der Waals surface area contributed by atoms with Crippen molar-refractivity contribution in [1.29, 1.82) is 0 Å². The molecule has 2 N–H and O–H groups in total. The van der Waals surface area contributed by atoms with E-state index in [1.54, 1.807) is 18.2 Å². The van der Waals surface area contributed by atoms with Crippen molar-refractivity contribution in [3.63, 3.8) is 0 Å². The number of carboxylic acid groups (broad SMARTS) is 1. The molecule has 0 aliphatic heterocycles. The maximum absolute atomic E-state index is 11.3. The molecular weight excluding hydrogens is 258 g/mol. The van der Waals surface area contributed by atoms with E-state index < -0.39 is 11.9 Å². The number of carbonyl (C=O) groups excluding carboxylic acids is 1.